The van der Waals surface area contributed by atoms with Crippen LogP contribution in [0.4, 0.5) is 4.39 Å². The Hall–Kier alpha value is -2.08. The second-order valence-electron chi connectivity index (χ2n) is 3.18. The first-order chi connectivity index (χ1) is 8.00. The molecule has 17 heavy (non-hydrogen) atoms. The first kappa shape index (κ1) is 11.4. The molecule has 0 spiro atoms. The minimum Gasteiger partial charge on any atom is -0.493 e. The Morgan fingerprint density at radius 1 is 1.47 bits per heavy atom. The van der Waals surface area contributed by atoms with E-state index in [4.69, 9.17) is 16.7 Å². The molecule has 0 fully saturated rings. The van der Waals surface area contributed by atoms with E-state index in [-0.39, 0.29) is 16.4 Å². The number of nitrogens with zero attached hydrogens (tertiary/aromatic N) is 2. The molecule has 0 amide bonds. The van der Waals surface area contributed by atoms with Crippen LogP contribution in [0.25, 0.3) is 5.69 Å². The second kappa shape index (κ2) is 4.06. The zero-order valence-corrected chi connectivity index (χ0v) is 9.02. The highest BCUT2D eigenvalue weighted by Crippen LogP contribution is 2.24. The van der Waals surface area contributed by atoms with Crippen molar-refractivity contribution >= 4 is 17.6 Å². The lowest BCUT2D eigenvalue weighted by molar-refractivity contribution is 0.0690. The van der Waals surface area contributed by atoms with Gasteiger partial charge >= 0.3 is 5.97 Å². The Kier molecular flexibility index (Phi) is 2.72. The van der Waals surface area contributed by atoms with E-state index in [2.05, 4.69) is 5.10 Å². The van der Waals surface area contributed by atoms with Crippen molar-refractivity contribution in [3.63, 3.8) is 0 Å². The van der Waals surface area contributed by atoms with Gasteiger partial charge in [-0.3, -0.25) is 0 Å². The molecule has 0 aliphatic carbocycles. The zero-order valence-electron chi connectivity index (χ0n) is 8.26. The van der Waals surface area contributed by atoms with Crippen molar-refractivity contribution in [2.24, 2.45) is 0 Å². The van der Waals surface area contributed by atoms with Crippen molar-refractivity contribution < 1.29 is 19.4 Å². The molecule has 7 heteroatoms. The van der Waals surface area contributed by atoms with E-state index in [1.54, 1.807) is 0 Å². The van der Waals surface area contributed by atoms with Crippen molar-refractivity contribution in [2.75, 3.05) is 0 Å². The molecule has 2 rings (SSSR count). The number of halogens is 2. The van der Waals surface area contributed by atoms with E-state index in [0.717, 1.165) is 10.7 Å². The monoisotopic (exact) mass is 256 g/mol. The second-order valence-corrected chi connectivity index (χ2v) is 3.58. The molecule has 0 saturated heterocycles. The maximum absolute atomic E-state index is 13.6. The fourth-order valence-corrected chi connectivity index (χ4v) is 1.48. The van der Waals surface area contributed by atoms with Gasteiger partial charge in [-0.05, 0) is 12.1 Å². The van der Waals surface area contributed by atoms with E-state index >= 15 is 0 Å². The van der Waals surface area contributed by atoms with E-state index < -0.39 is 17.7 Å². The van der Waals surface area contributed by atoms with Crippen LogP contribution in [-0.2, 0) is 0 Å². The van der Waals surface area contributed by atoms with Crippen LogP contribution in [0.15, 0.2) is 24.3 Å². The molecule has 1 aromatic carbocycles. The smallest absolute Gasteiger partial charge is 0.356 e. The van der Waals surface area contributed by atoms with Crippen LogP contribution in [-0.4, -0.2) is 26.0 Å². The van der Waals surface area contributed by atoms with Gasteiger partial charge in [-0.2, -0.15) is 9.78 Å². The Morgan fingerprint density at radius 2 is 2.18 bits per heavy atom. The summed E-state index contributed by atoms with van der Waals surface area (Å²) >= 11 is 5.57. The predicted octanol–water partition coefficient (Wildman–Crippen LogP) is 2.07. The van der Waals surface area contributed by atoms with E-state index in [0.29, 0.717) is 0 Å². The molecule has 2 aromatic rings. The number of hydrogen-bond acceptors (Lipinski definition) is 3. The number of carbonyl (C=O) groups is 1. The van der Waals surface area contributed by atoms with Crippen LogP contribution in [0.2, 0.25) is 5.02 Å². The molecular weight excluding hydrogens is 251 g/mol. The van der Waals surface area contributed by atoms with Gasteiger partial charge in [0.05, 0.1) is 5.02 Å². The fraction of sp³-hybridized carbons (Fsp3) is 0. The number of rotatable bonds is 2. The van der Waals surface area contributed by atoms with Crippen LogP contribution in [0.1, 0.15) is 10.5 Å². The lowest BCUT2D eigenvalue weighted by atomic mass is 10.3. The number of aromatic carboxylic acids is 1. The summed E-state index contributed by atoms with van der Waals surface area (Å²) in [7, 11) is 0. The fourth-order valence-electron chi connectivity index (χ4n) is 1.31. The van der Waals surface area contributed by atoms with E-state index in [9.17, 15) is 14.3 Å². The highest BCUT2D eigenvalue weighted by Gasteiger charge is 2.17. The van der Waals surface area contributed by atoms with Crippen LogP contribution in [0.5, 0.6) is 5.88 Å². The van der Waals surface area contributed by atoms with Gasteiger partial charge in [-0.15, -0.1) is 0 Å². The Labute approximate surface area is 99.7 Å². The number of carboxylic acid groups (broad SMARTS) is 1. The summed E-state index contributed by atoms with van der Waals surface area (Å²) in [6.45, 7) is 0. The van der Waals surface area contributed by atoms with Crippen molar-refractivity contribution in [3.05, 3.63) is 40.8 Å². The Bertz CT molecular complexity index is 597. The molecule has 1 aromatic heterocycles. The molecule has 5 nitrogen and oxygen atoms in total. The van der Waals surface area contributed by atoms with Crippen molar-refractivity contribution in [1.29, 1.82) is 0 Å². The minimum atomic E-state index is -1.32. The summed E-state index contributed by atoms with van der Waals surface area (Å²) < 4.78 is 14.4. The lowest BCUT2D eigenvalue weighted by Crippen LogP contribution is -2.03. The van der Waals surface area contributed by atoms with Crippen molar-refractivity contribution in [3.8, 4) is 11.6 Å². The number of carboxylic acids is 1. The summed E-state index contributed by atoms with van der Waals surface area (Å²) in [6, 6.07) is 5.03. The number of hydrogen-bond donors (Lipinski definition) is 2. The quantitative estimate of drug-likeness (QED) is 0.862. The topological polar surface area (TPSA) is 75.3 Å². The normalized spacial score (nSPS) is 10.5. The third-order valence-corrected chi connectivity index (χ3v) is 2.36. The summed E-state index contributed by atoms with van der Waals surface area (Å²) in [6.07, 6.45) is 0. The molecular formula is C10H6ClFN2O3. The number of benzene rings is 1. The van der Waals surface area contributed by atoms with Crippen LogP contribution in [0, 0.1) is 5.82 Å². The molecule has 1 heterocycles. The first-order valence-electron chi connectivity index (χ1n) is 4.47. The highest BCUT2D eigenvalue weighted by atomic mass is 35.5. The van der Waals surface area contributed by atoms with Crippen LogP contribution < -0.4 is 0 Å². The third-order valence-electron chi connectivity index (χ3n) is 2.07. The molecule has 0 radical (unpaired) electrons. The van der Waals surface area contributed by atoms with Gasteiger partial charge in [0.25, 0.3) is 0 Å². The minimum absolute atomic E-state index is 0.123. The molecule has 88 valence electrons. The van der Waals surface area contributed by atoms with Crippen LogP contribution in [0.3, 0.4) is 0 Å². The summed E-state index contributed by atoms with van der Waals surface area (Å²) in [5.41, 5.74) is -0.510. The SMILES string of the molecule is O=C(O)c1cc(O)n(-c2cccc(Cl)c2F)n1. The first-order valence-corrected chi connectivity index (χ1v) is 4.85. The Morgan fingerprint density at radius 3 is 2.76 bits per heavy atom. The summed E-state index contributed by atoms with van der Waals surface area (Å²) in [5.74, 6) is -2.59. The lowest BCUT2D eigenvalue weighted by Gasteiger charge is -2.04. The van der Waals surface area contributed by atoms with Crippen LogP contribution >= 0.6 is 11.6 Å². The van der Waals surface area contributed by atoms with Crippen molar-refractivity contribution in [1.82, 2.24) is 9.78 Å². The Balaban J connectivity index is 2.60. The standard InChI is InChI=1S/C10H6ClFN2O3/c11-5-2-1-3-7(9(5)12)14-8(15)4-6(13-14)10(16)17/h1-4,15H,(H,16,17). The molecule has 0 aliphatic rings. The average Bonchev–Trinajstić information content (AvgIpc) is 2.65. The third kappa shape index (κ3) is 1.94. The highest BCUT2D eigenvalue weighted by molar-refractivity contribution is 6.30. The van der Waals surface area contributed by atoms with Gasteiger partial charge in [0.15, 0.2) is 11.5 Å². The summed E-state index contributed by atoms with van der Waals surface area (Å²) in [5, 5.41) is 21.6. The molecule has 0 saturated carbocycles. The average molecular weight is 257 g/mol. The molecule has 0 aliphatic heterocycles. The van der Waals surface area contributed by atoms with Gasteiger partial charge in [-0.1, -0.05) is 17.7 Å². The summed E-state index contributed by atoms with van der Waals surface area (Å²) in [4.78, 5) is 10.6. The van der Waals surface area contributed by atoms with Crippen molar-refractivity contribution in [2.45, 2.75) is 0 Å². The number of aromatic hydroxyl groups is 1. The van der Waals surface area contributed by atoms with Gasteiger partial charge in [-0.25, -0.2) is 9.18 Å². The molecule has 0 unspecified atom stereocenters. The van der Waals surface area contributed by atoms with Gasteiger partial charge in [0.1, 0.15) is 5.69 Å². The molecule has 0 bridgehead atoms. The largest absolute Gasteiger partial charge is 0.493 e. The van der Waals surface area contributed by atoms with Gasteiger partial charge < -0.3 is 10.2 Å². The molecule has 2 N–H and O–H groups in total. The predicted molar refractivity (Wildman–Crippen MR) is 57.2 cm³/mol. The van der Waals surface area contributed by atoms with E-state index in [1.807, 2.05) is 0 Å². The molecule has 0 atom stereocenters. The maximum atomic E-state index is 13.6. The van der Waals surface area contributed by atoms with Gasteiger partial charge in [0, 0.05) is 6.07 Å². The number of aromatic nitrogens is 2. The van der Waals surface area contributed by atoms with Gasteiger partial charge in [0.2, 0.25) is 5.88 Å². The zero-order chi connectivity index (χ0) is 12.6. The van der Waals surface area contributed by atoms with E-state index in [1.165, 1.54) is 18.2 Å². The maximum Gasteiger partial charge on any atom is 0.356 e.